The van der Waals surface area contributed by atoms with Crippen LogP contribution in [0.1, 0.15) is 41.6 Å². The van der Waals surface area contributed by atoms with Crippen LogP contribution in [0.4, 0.5) is 4.39 Å². The molecule has 0 N–H and O–H groups in total. The van der Waals surface area contributed by atoms with E-state index in [9.17, 15) is 9.18 Å². The SMILES string of the molecule is COc1ccc(CCC2CCCCN2C(=O)c2cc(Cl)ccc2F)cc1OC. The first-order valence-corrected chi connectivity index (χ1v) is 9.88. The Bertz CT molecular complexity index is 843. The van der Waals surface area contributed by atoms with Crippen molar-refractivity contribution in [3.05, 3.63) is 58.4 Å². The van der Waals surface area contributed by atoms with Crippen molar-refractivity contribution in [3.8, 4) is 11.5 Å². The Labute approximate surface area is 170 Å². The van der Waals surface area contributed by atoms with Gasteiger partial charge in [-0.05, 0) is 68.0 Å². The summed E-state index contributed by atoms with van der Waals surface area (Å²) in [7, 11) is 3.22. The zero-order valence-electron chi connectivity index (χ0n) is 16.2. The first kappa shape index (κ1) is 20.5. The maximum absolute atomic E-state index is 14.2. The van der Waals surface area contributed by atoms with Gasteiger partial charge in [-0.15, -0.1) is 0 Å². The number of piperidine rings is 1. The number of benzene rings is 2. The minimum atomic E-state index is -0.529. The average molecular weight is 406 g/mol. The van der Waals surface area contributed by atoms with Crippen LogP contribution >= 0.6 is 11.6 Å². The highest BCUT2D eigenvalue weighted by atomic mass is 35.5. The monoisotopic (exact) mass is 405 g/mol. The van der Waals surface area contributed by atoms with E-state index in [4.69, 9.17) is 21.1 Å². The third-order valence-corrected chi connectivity index (χ3v) is 5.50. The molecule has 150 valence electrons. The Hall–Kier alpha value is -2.27. The van der Waals surface area contributed by atoms with Crippen molar-refractivity contribution >= 4 is 17.5 Å². The number of carbonyl (C=O) groups excluding carboxylic acids is 1. The van der Waals surface area contributed by atoms with Crippen LogP contribution in [0.15, 0.2) is 36.4 Å². The Morgan fingerprint density at radius 2 is 1.93 bits per heavy atom. The third kappa shape index (κ3) is 4.58. The van der Waals surface area contributed by atoms with E-state index in [-0.39, 0.29) is 17.5 Å². The molecule has 2 aromatic carbocycles. The van der Waals surface area contributed by atoms with Crippen LogP contribution in [0.3, 0.4) is 0 Å². The third-order valence-electron chi connectivity index (χ3n) is 5.26. The van der Waals surface area contributed by atoms with Gasteiger partial charge in [0.25, 0.3) is 5.91 Å². The number of likely N-dealkylation sites (tertiary alicyclic amines) is 1. The summed E-state index contributed by atoms with van der Waals surface area (Å²) in [6, 6.07) is 10.1. The van der Waals surface area contributed by atoms with Crippen LogP contribution in [-0.4, -0.2) is 37.6 Å². The van der Waals surface area contributed by atoms with Gasteiger partial charge in [-0.3, -0.25) is 4.79 Å². The predicted octanol–water partition coefficient (Wildman–Crippen LogP) is 5.12. The largest absolute Gasteiger partial charge is 0.493 e. The zero-order valence-corrected chi connectivity index (χ0v) is 17.0. The number of rotatable bonds is 6. The molecule has 1 saturated heterocycles. The van der Waals surface area contributed by atoms with Crippen molar-refractivity contribution in [1.82, 2.24) is 4.90 Å². The van der Waals surface area contributed by atoms with Gasteiger partial charge in [-0.1, -0.05) is 17.7 Å². The van der Waals surface area contributed by atoms with Gasteiger partial charge in [0.15, 0.2) is 11.5 Å². The molecule has 4 nitrogen and oxygen atoms in total. The Morgan fingerprint density at radius 1 is 1.14 bits per heavy atom. The minimum Gasteiger partial charge on any atom is -0.493 e. The molecular formula is C22H25ClFNO3. The smallest absolute Gasteiger partial charge is 0.257 e. The first-order chi connectivity index (χ1) is 13.5. The van der Waals surface area contributed by atoms with Crippen LogP contribution < -0.4 is 9.47 Å². The summed E-state index contributed by atoms with van der Waals surface area (Å²) in [5, 5.41) is 0.364. The summed E-state index contributed by atoms with van der Waals surface area (Å²) in [5.41, 5.74) is 1.16. The number of methoxy groups -OCH3 is 2. The van der Waals surface area contributed by atoms with Crippen molar-refractivity contribution in [1.29, 1.82) is 0 Å². The van der Waals surface area contributed by atoms with Crippen molar-refractivity contribution in [2.75, 3.05) is 20.8 Å². The summed E-state index contributed by atoms with van der Waals surface area (Å²) >= 11 is 5.97. The zero-order chi connectivity index (χ0) is 20.1. The highest BCUT2D eigenvalue weighted by molar-refractivity contribution is 6.31. The molecule has 0 saturated carbocycles. The lowest BCUT2D eigenvalue weighted by molar-refractivity contribution is 0.0597. The lowest BCUT2D eigenvalue weighted by Crippen LogP contribution is -2.44. The summed E-state index contributed by atoms with van der Waals surface area (Å²) < 4.78 is 24.8. The van der Waals surface area contributed by atoms with Crippen LogP contribution in [0.25, 0.3) is 0 Å². The van der Waals surface area contributed by atoms with Crippen LogP contribution in [0, 0.1) is 5.82 Å². The van der Waals surface area contributed by atoms with Crippen LogP contribution in [0.5, 0.6) is 11.5 Å². The maximum atomic E-state index is 14.2. The molecule has 1 heterocycles. The maximum Gasteiger partial charge on any atom is 0.257 e. The molecule has 2 aromatic rings. The van der Waals surface area contributed by atoms with E-state index in [2.05, 4.69) is 0 Å². The Kier molecular flexibility index (Phi) is 6.79. The van der Waals surface area contributed by atoms with Crippen molar-refractivity contribution in [2.45, 2.75) is 38.1 Å². The highest BCUT2D eigenvalue weighted by Gasteiger charge is 2.29. The molecule has 0 radical (unpaired) electrons. The van der Waals surface area contributed by atoms with Gasteiger partial charge in [0.05, 0.1) is 19.8 Å². The van der Waals surface area contributed by atoms with E-state index in [1.54, 1.807) is 19.1 Å². The number of nitrogens with zero attached hydrogens (tertiary/aromatic N) is 1. The van der Waals surface area contributed by atoms with Crippen molar-refractivity contribution in [3.63, 3.8) is 0 Å². The summed E-state index contributed by atoms with van der Waals surface area (Å²) in [6.45, 7) is 0.640. The molecule has 1 aliphatic heterocycles. The fourth-order valence-electron chi connectivity index (χ4n) is 3.75. The molecule has 1 amide bonds. The van der Waals surface area contributed by atoms with E-state index in [1.165, 1.54) is 18.2 Å². The molecule has 0 aliphatic carbocycles. The molecule has 3 rings (SSSR count). The summed E-state index contributed by atoms with van der Waals surface area (Å²) in [4.78, 5) is 14.8. The number of aryl methyl sites for hydroxylation is 1. The molecule has 0 aromatic heterocycles. The average Bonchev–Trinajstić information content (AvgIpc) is 2.73. The van der Waals surface area contributed by atoms with E-state index in [0.717, 1.165) is 37.7 Å². The summed E-state index contributed by atoms with van der Waals surface area (Å²) in [5.74, 6) is 0.574. The second-order valence-electron chi connectivity index (χ2n) is 7.00. The second-order valence-corrected chi connectivity index (χ2v) is 7.44. The fraction of sp³-hybridized carbons (Fsp3) is 0.409. The second kappa shape index (κ2) is 9.28. The molecular weight excluding hydrogens is 381 g/mol. The molecule has 0 bridgehead atoms. The quantitative estimate of drug-likeness (QED) is 0.669. The lowest BCUT2D eigenvalue weighted by atomic mass is 9.95. The number of carbonyl (C=O) groups is 1. The molecule has 1 unspecified atom stereocenters. The van der Waals surface area contributed by atoms with Crippen LogP contribution in [-0.2, 0) is 6.42 Å². The van der Waals surface area contributed by atoms with E-state index >= 15 is 0 Å². The first-order valence-electron chi connectivity index (χ1n) is 9.50. The molecule has 1 atom stereocenters. The highest BCUT2D eigenvalue weighted by Crippen LogP contribution is 2.30. The number of ether oxygens (including phenoxy) is 2. The van der Waals surface area contributed by atoms with Gasteiger partial charge in [-0.25, -0.2) is 4.39 Å². The molecule has 1 aliphatic rings. The molecule has 0 spiro atoms. The lowest BCUT2D eigenvalue weighted by Gasteiger charge is -2.36. The van der Waals surface area contributed by atoms with Gasteiger partial charge in [0.2, 0.25) is 0 Å². The van der Waals surface area contributed by atoms with Gasteiger partial charge in [0, 0.05) is 17.6 Å². The molecule has 1 fully saturated rings. The van der Waals surface area contributed by atoms with Gasteiger partial charge in [0.1, 0.15) is 5.82 Å². The summed E-state index contributed by atoms with van der Waals surface area (Å²) in [6.07, 6.45) is 4.52. The van der Waals surface area contributed by atoms with Gasteiger partial charge < -0.3 is 14.4 Å². The number of hydrogen-bond donors (Lipinski definition) is 0. The molecule has 28 heavy (non-hydrogen) atoms. The van der Waals surface area contributed by atoms with Gasteiger partial charge in [-0.2, -0.15) is 0 Å². The topological polar surface area (TPSA) is 38.8 Å². The Balaban J connectivity index is 1.73. The number of hydrogen-bond acceptors (Lipinski definition) is 3. The Morgan fingerprint density at radius 3 is 2.68 bits per heavy atom. The predicted molar refractivity (Wildman–Crippen MR) is 108 cm³/mol. The number of halogens is 2. The standard InChI is InChI=1S/C22H25ClFNO3/c1-27-20-11-7-15(13-21(20)28-2)6-9-17-5-3-4-12-25(17)22(26)18-14-16(23)8-10-19(18)24/h7-8,10-11,13-14,17H,3-6,9,12H2,1-2H3. The van der Waals surface area contributed by atoms with Crippen molar-refractivity contribution in [2.24, 2.45) is 0 Å². The van der Waals surface area contributed by atoms with E-state index in [0.29, 0.717) is 23.1 Å². The number of amides is 1. The molecule has 6 heteroatoms. The van der Waals surface area contributed by atoms with E-state index in [1.807, 2.05) is 18.2 Å². The van der Waals surface area contributed by atoms with E-state index < -0.39 is 5.82 Å². The fourth-order valence-corrected chi connectivity index (χ4v) is 3.93. The van der Waals surface area contributed by atoms with Crippen molar-refractivity contribution < 1.29 is 18.7 Å². The van der Waals surface area contributed by atoms with Gasteiger partial charge >= 0.3 is 0 Å². The van der Waals surface area contributed by atoms with Crippen LogP contribution in [0.2, 0.25) is 5.02 Å². The normalized spacial score (nSPS) is 16.7. The minimum absolute atomic E-state index is 0.0468.